The number of aliphatic hydroxyl groups is 1. The van der Waals surface area contributed by atoms with E-state index < -0.39 is 0 Å². The lowest BCUT2D eigenvalue weighted by Gasteiger charge is -2.25. The summed E-state index contributed by atoms with van der Waals surface area (Å²) >= 11 is 0. The van der Waals surface area contributed by atoms with E-state index in [9.17, 15) is 0 Å². The van der Waals surface area contributed by atoms with E-state index >= 15 is 0 Å². The summed E-state index contributed by atoms with van der Waals surface area (Å²) in [4.78, 5) is 2.25. The van der Waals surface area contributed by atoms with E-state index in [2.05, 4.69) is 77.7 Å². The Kier molecular flexibility index (Phi) is 6.79. The SMILES string of the molecule is OCc1ccccc1.c1ccc(N(c2ccccc2)c2ccccc2)cc1. The first-order chi connectivity index (χ1) is 13.4. The highest BCUT2D eigenvalue weighted by molar-refractivity contribution is 5.76. The van der Waals surface area contributed by atoms with Crippen LogP contribution in [0, 0.1) is 0 Å². The Bertz CT molecular complexity index is 800. The molecule has 0 aliphatic heterocycles. The molecular formula is C25H23NO. The average molecular weight is 353 g/mol. The number of anilines is 3. The Morgan fingerprint density at radius 3 is 1.00 bits per heavy atom. The van der Waals surface area contributed by atoms with Crippen LogP contribution in [0.1, 0.15) is 5.56 Å². The molecule has 0 radical (unpaired) electrons. The highest BCUT2D eigenvalue weighted by Crippen LogP contribution is 2.33. The largest absolute Gasteiger partial charge is 0.392 e. The van der Waals surface area contributed by atoms with Crippen LogP contribution in [0.5, 0.6) is 0 Å². The predicted molar refractivity (Wildman–Crippen MR) is 113 cm³/mol. The minimum Gasteiger partial charge on any atom is -0.392 e. The molecular weight excluding hydrogens is 330 g/mol. The molecule has 0 fully saturated rings. The molecule has 0 aromatic heterocycles. The lowest BCUT2D eigenvalue weighted by Crippen LogP contribution is -2.09. The number of hydrogen-bond acceptors (Lipinski definition) is 2. The van der Waals surface area contributed by atoms with Crippen LogP contribution in [0.2, 0.25) is 0 Å². The first-order valence-corrected chi connectivity index (χ1v) is 8.98. The molecule has 2 heteroatoms. The topological polar surface area (TPSA) is 23.5 Å². The fraction of sp³-hybridized carbons (Fsp3) is 0.0400. The summed E-state index contributed by atoms with van der Waals surface area (Å²) in [6.45, 7) is 0.140. The molecule has 0 bridgehead atoms. The second-order valence-corrected chi connectivity index (χ2v) is 5.99. The van der Waals surface area contributed by atoms with Crippen LogP contribution in [0.25, 0.3) is 0 Å². The van der Waals surface area contributed by atoms with Gasteiger partial charge in [-0.1, -0.05) is 84.9 Å². The van der Waals surface area contributed by atoms with Gasteiger partial charge in [0.05, 0.1) is 6.61 Å². The fourth-order valence-corrected chi connectivity index (χ4v) is 2.76. The molecule has 0 aliphatic rings. The van der Waals surface area contributed by atoms with Gasteiger partial charge in [0, 0.05) is 17.1 Å². The van der Waals surface area contributed by atoms with Crippen molar-refractivity contribution in [2.24, 2.45) is 0 Å². The van der Waals surface area contributed by atoms with Crippen LogP contribution >= 0.6 is 0 Å². The highest BCUT2D eigenvalue weighted by atomic mass is 16.3. The highest BCUT2D eigenvalue weighted by Gasteiger charge is 2.10. The number of para-hydroxylation sites is 3. The first-order valence-electron chi connectivity index (χ1n) is 8.98. The Labute approximate surface area is 161 Å². The molecule has 0 heterocycles. The van der Waals surface area contributed by atoms with Gasteiger partial charge in [0.2, 0.25) is 0 Å². The molecule has 0 atom stereocenters. The Hall–Kier alpha value is -3.36. The van der Waals surface area contributed by atoms with E-state index in [4.69, 9.17) is 5.11 Å². The van der Waals surface area contributed by atoms with Crippen molar-refractivity contribution in [1.82, 2.24) is 0 Å². The fourth-order valence-electron chi connectivity index (χ4n) is 2.76. The summed E-state index contributed by atoms with van der Waals surface area (Å²) in [5, 5.41) is 8.54. The standard InChI is InChI=1S/C18H15N.C7H8O/c1-4-10-16(11-5-1)19(17-12-6-2-7-13-17)18-14-8-3-9-15-18;8-6-7-4-2-1-3-5-7/h1-15H;1-5,8H,6H2. The van der Waals surface area contributed by atoms with E-state index in [1.807, 2.05) is 48.5 Å². The molecule has 2 nitrogen and oxygen atoms in total. The average Bonchev–Trinajstić information content (AvgIpc) is 2.77. The summed E-state index contributed by atoms with van der Waals surface area (Å²) < 4.78 is 0. The third-order valence-electron chi connectivity index (χ3n) is 4.07. The number of hydrogen-bond donors (Lipinski definition) is 1. The van der Waals surface area contributed by atoms with Crippen molar-refractivity contribution < 1.29 is 5.11 Å². The van der Waals surface area contributed by atoms with Crippen LogP contribution < -0.4 is 4.90 Å². The third-order valence-corrected chi connectivity index (χ3v) is 4.07. The van der Waals surface area contributed by atoms with Crippen molar-refractivity contribution in [2.45, 2.75) is 6.61 Å². The van der Waals surface area contributed by atoms with Crippen molar-refractivity contribution in [3.8, 4) is 0 Å². The smallest absolute Gasteiger partial charge is 0.0681 e. The minimum atomic E-state index is 0.140. The maximum atomic E-state index is 8.54. The Balaban J connectivity index is 0.000000221. The Morgan fingerprint density at radius 2 is 0.741 bits per heavy atom. The first kappa shape index (κ1) is 18.4. The van der Waals surface area contributed by atoms with Crippen LogP contribution in [-0.2, 0) is 6.61 Å². The molecule has 0 saturated heterocycles. The summed E-state index contributed by atoms with van der Waals surface area (Å²) in [5.74, 6) is 0. The van der Waals surface area contributed by atoms with Gasteiger partial charge in [0.15, 0.2) is 0 Å². The van der Waals surface area contributed by atoms with Crippen LogP contribution in [0.15, 0.2) is 121 Å². The molecule has 0 unspecified atom stereocenters. The molecule has 27 heavy (non-hydrogen) atoms. The van der Waals surface area contributed by atoms with Gasteiger partial charge in [-0.15, -0.1) is 0 Å². The zero-order chi connectivity index (χ0) is 18.7. The maximum Gasteiger partial charge on any atom is 0.0681 e. The molecule has 0 saturated carbocycles. The van der Waals surface area contributed by atoms with Gasteiger partial charge in [-0.3, -0.25) is 0 Å². The quantitative estimate of drug-likeness (QED) is 0.463. The van der Waals surface area contributed by atoms with Crippen molar-refractivity contribution in [2.75, 3.05) is 4.90 Å². The molecule has 0 amide bonds. The van der Waals surface area contributed by atoms with Gasteiger partial charge < -0.3 is 10.0 Å². The summed E-state index contributed by atoms with van der Waals surface area (Å²) in [5.41, 5.74) is 4.47. The molecule has 0 spiro atoms. The van der Waals surface area contributed by atoms with Gasteiger partial charge >= 0.3 is 0 Å². The monoisotopic (exact) mass is 353 g/mol. The summed E-state index contributed by atoms with van der Waals surface area (Å²) in [7, 11) is 0. The zero-order valence-electron chi connectivity index (χ0n) is 15.1. The molecule has 0 aliphatic carbocycles. The van der Waals surface area contributed by atoms with Crippen molar-refractivity contribution in [3.05, 3.63) is 127 Å². The van der Waals surface area contributed by atoms with Crippen molar-refractivity contribution in [3.63, 3.8) is 0 Å². The van der Waals surface area contributed by atoms with Gasteiger partial charge in [0.25, 0.3) is 0 Å². The van der Waals surface area contributed by atoms with Crippen LogP contribution in [0.3, 0.4) is 0 Å². The van der Waals surface area contributed by atoms with E-state index in [1.54, 1.807) is 0 Å². The lowest BCUT2D eigenvalue weighted by molar-refractivity contribution is 0.282. The van der Waals surface area contributed by atoms with Gasteiger partial charge in [-0.2, -0.15) is 0 Å². The van der Waals surface area contributed by atoms with E-state index in [1.165, 1.54) is 17.1 Å². The van der Waals surface area contributed by atoms with Gasteiger partial charge in [-0.25, -0.2) is 0 Å². The number of nitrogens with zero attached hydrogens (tertiary/aromatic N) is 1. The zero-order valence-corrected chi connectivity index (χ0v) is 15.1. The Morgan fingerprint density at radius 1 is 0.444 bits per heavy atom. The molecule has 134 valence electrons. The lowest BCUT2D eigenvalue weighted by atomic mass is 10.2. The normalized spacial score (nSPS) is 9.81. The molecule has 1 N–H and O–H groups in total. The number of rotatable bonds is 4. The number of aliphatic hydroxyl groups excluding tert-OH is 1. The van der Waals surface area contributed by atoms with E-state index in [0.29, 0.717) is 0 Å². The van der Waals surface area contributed by atoms with E-state index in [0.717, 1.165) is 5.56 Å². The summed E-state index contributed by atoms with van der Waals surface area (Å²) in [6.07, 6.45) is 0. The number of benzene rings is 4. The van der Waals surface area contributed by atoms with Crippen molar-refractivity contribution in [1.29, 1.82) is 0 Å². The minimum absolute atomic E-state index is 0.140. The summed E-state index contributed by atoms with van der Waals surface area (Å²) in [6, 6.07) is 40.8. The predicted octanol–water partition coefficient (Wildman–Crippen LogP) is 6.34. The third kappa shape index (κ3) is 5.30. The molecule has 4 rings (SSSR count). The second-order valence-electron chi connectivity index (χ2n) is 5.99. The van der Waals surface area contributed by atoms with Crippen molar-refractivity contribution >= 4 is 17.1 Å². The van der Waals surface area contributed by atoms with Crippen LogP contribution in [0.4, 0.5) is 17.1 Å². The van der Waals surface area contributed by atoms with Gasteiger partial charge in [-0.05, 0) is 42.0 Å². The van der Waals surface area contributed by atoms with Gasteiger partial charge in [0.1, 0.15) is 0 Å². The molecule has 4 aromatic carbocycles. The maximum absolute atomic E-state index is 8.54. The van der Waals surface area contributed by atoms with Crippen LogP contribution in [-0.4, -0.2) is 5.11 Å². The molecule has 4 aromatic rings. The second kappa shape index (κ2) is 9.95. The van der Waals surface area contributed by atoms with E-state index in [-0.39, 0.29) is 6.61 Å².